The first-order valence-electron chi connectivity index (χ1n) is 5.05. The van der Waals surface area contributed by atoms with Crippen molar-refractivity contribution in [1.82, 2.24) is 5.32 Å². The monoisotopic (exact) mass is 185 g/mol. The number of Topliss-reactive ketones (excluding diaryl/α,β-unsaturated/α-hetero) is 1. The summed E-state index contributed by atoms with van der Waals surface area (Å²) >= 11 is 0. The van der Waals surface area contributed by atoms with Crippen molar-refractivity contribution in [3.8, 4) is 0 Å². The van der Waals surface area contributed by atoms with Crippen LogP contribution >= 0.6 is 0 Å². The predicted octanol–water partition coefficient (Wildman–Crippen LogP) is 0.980. The lowest BCUT2D eigenvalue weighted by Gasteiger charge is -2.22. The zero-order valence-electron chi connectivity index (χ0n) is 8.51. The SMILES string of the molecule is CC(C)C(=O)COC1CCNCC1. The van der Waals surface area contributed by atoms with Gasteiger partial charge in [0.25, 0.3) is 0 Å². The Morgan fingerprint density at radius 3 is 2.62 bits per heavy atom. The van der Waals surface area contributed by atoms with Gasteiger partial charge in [-0.1, -0.05) is 13.8 Å². The van der Waals surface area contributed by atoms with Crippen molar-refractivity contribution in [2.75, 3.05) is 19.7 Å². The van der Waals surface area contributed by atoms with E-state index in [1.165, 1.54) is 0 Å². The molecule has 0 atom stereocenters. The van der Waals surface area contributed by atoms with E-state index in [0.29, 0.717) is 12.7 Å². The molecule has 1 aliphatic heterocycles. The summed E-state index contributed by atoms with van der Waals surface area (Å²) in [5.74, 6) is 0.306. The van der Waals surface area contributed by atoms with Gasteiger partial charge in [-0.25, -0.2) is 0 Å². The fraction of sp³-hybridized carbons (Fsp3) is 0.900. The van der Waals surface area contributed by atoms with Crippen molar-refractivity contribution in [1.29, 1.82) is 0 Å². The van der Waals surface area contributed by atoms with Crippen LogP contribution in [0.2, 0.25) is 0 Å². The summed E-state index contributed by atoms with van der Waals surface area (Å²) in [5.41, 5.74) is 0. The van der Waals surface area contributed by atoms with Crippen molar-refractivity contribution in [2.45, 2.75) is 32.8 Å². The van der Waals surface area contributed by atoms with Gasteiger partial charge in [0, 0.05) is 5.92 Å². The van der Waals surface area contributed by atoms with Crippen LogP contribution in [0.4, 0.5) is 0 Å². The topological polar surface area (TPSA) is 38.3 Å². The molecule has 3 nitrogen and oxygen atoms in total. The van der Waals surface area contributed by atoms with E-state index in [0.717, 1.165) is 25.9 Å². The van der Waals surface area contributed by atoms with Crippen molar-refractivity contribution >= 4 is 5.78 Å². The summed E-state index contributed by atoms with van der Waals surface area (Å²) in [5, 5.41) is 3.26. The van der Waals surface area contributed by atoms with Gasteiger partial charge in [-0.15, -0.1) is 0 Å². The first-order valence-corrected chi connectivity index (χ1v) is 5.05. The lowest BCUT2D eigenvalue weighted by molar-refractivity contribution is -0.129. The Hall–Kier alpha value is -0.410. The van der Waals surface area contributed by atoms with Crippen LogP contribution in [0.25, 0.3) is 0 Å². The van der Waals surface area contributed by atoms with Gasteiger partial charge in [-0.3, -0.25) is 4.79 Å². The molecule has 0 aromatic heterocycles. The Morgan fingerprint density at radius 1 is 1.46 bits per heavy atom. The van der Waals surface area contributed by atoms with Crippen LogP contribution in [0.15, 0.2) is 0 Å². The van der Waals surface area contributed by atoms with Gasteiger partial charge in [-0.2, -0.15) is 0 Å². The standard InChI is InChI=1S/C10H19NO2/c1-8(2)10(12)7-13-9-3-5-11-6-4-9/h8-9,11H,3-7H2,1-2H3. The van der Waals surface area contributed by atoms with Gasteiger partial charge in [0.15, 0.2) is 5.78 Å². The fourth-order valence-corrected chi connectivity index (χ4v) is 1.33. The van der Waals surface area contributed by atoms with Gasteiger partial charge in [0.1, 0.15) is 6.61 Å². The third-order valence-electron chi connectivity index (χ3n) is 2.39. The van der Waals surface area contributed by atoms with Crippen LogP contribution in [-0.4, -0.2) is 31.6 Å². The minimum Gasteiger partial charge on any atom is -0.370 e. The van der Waals surface area contributed by atoms with E-state index in [9.17, 15) is 4.79 Å². The van der Waals surface area contributed by atoms with Crippen LogP contribution in [0.3, 0.4) is 0 Å². The molecule has 1 rings (SSSR count). The van der Waals surface area contributed by atoms with Crippen molar-refractivity contribution < 1.29 is 9.53 Å². The number of hydrogen-bond acceptors (Lipinski definition) is 3. The summed E-state index contributed by atoms with van der Waals surface area (Å²) in [6.07, 6.45) is 2.36. The summed E-state index contributed by atoms with van der Waals surface area (Å²) < 4.78 is 5.52. The maximum Gasteiger partial charge on any atom is 0.160 e. The quantitative estimate of drug-likeness (QED) is 0.709. The highest BCUT2D eigenvalue weighted by atomic mass is 16.5. The van der Waals surface area contributed by atoms with Crippen LogP contribution in [0.1, 0.15) is 26.7 Å². The van der Waals surface area contributed by atoms with E-state index < -0.39 is 0 Å². The number of carbonyl (C=O) groups excluding carboxylic acids is 1. The van der Waals surface area contributed by atoms with Gasteiger partial charge >= 0.3 is 0 Å². The third-order valence-corrected chi connectivity index (χ3v) is 2.39. The van der Waals surface area contributed by atoms with Gasteiger partial charge in [0.2, 0.25) is 0 Å². The highest BCUT2D eigenvalue weighted by Crippen LogP contribution is 2.07. The van der Waals surface area contributed by atoms with E-state index in [1.54, 1.807) is 0 Å². The number of ketones is 1. The van der Waals surface area contributed by atoms with Crippen molar-refractivity contribution in [3.63, 3.8) is 0 Å². The Labute approximate surface area is 79.8 Å². The Balaban J connectivity index is 2.13. The molecule has 1 N–H and O–H groups in total. The Bertz CT molecular complexity index is 162. The highest BCUT2D eigenvalue weighted by molar-refractivity contribution is 5.81. The van der Waals surface area contributed by atoms with E-state index in [1.807, 2.05) is 13.8 Å². The van der Waals surface area contributed by atoms with Crippen molar-refractivity contribution in [2.24, 2.45) is 5.92 Å². The molecule has 0 unspecified atom stereocenters. The summed E-state index contributed by atoms with van der Waals surface area (Å²) in [6, 6.07) is 0. The Kier molecular flexibility index (Phi) is 4.39. The normalized spacial score (nSPS) is 19.3. The second-order valence-corrected chi connectivity index (χ2v) is 3.88. The van der Waals surface area contributed by atoms with E-state index in [4.69, 9.17) is 4.74 Å². The smallest absolute Gasteiger partial charge is 0.160 e. The molecule has 1 saturated heterocycles. The van der Waals surface area contributed by atoms with Gasteiger partial charge in [0.05, 0.1) is 6.10 Å². The maximum absolute atomic E-state index is 11.2. The van der Waals surface area contributed by atoms with Crippen LogP contribution in [-0.2, 0) is 9.53 Å². The van der Waals surface area contributed by atoms with E-state index >= 15 is 0 Å². The molecule has 0 saturated carbocycles. The number of ether oxygens (including phenoxy) is 1. The summed E-state index contributed by atoms with van der Waals surface area (Å²) in [4.78, 5) is 11.2. The minimum atomic E-state index is 0.0988. The molecule has 1 fully saturated rings. The molecule has 0 radical (unpaired) electrons. The average Bonchev–Trinajstić information content (AvgIpc) is 2.15. The van der Waals surface area contributed by atoms with Crippen molar-refractivity contribution in [3.05, 3.63) is 0 Å². The molecule has 1 heterocycles. The number of rotatable bonds is 4. The molecule has 13 heavy (non-hydrogen) atoms. The average molecular weight is 185 g/mol. The van der Waals surface area contributed by atoms with Crippen LogP contribution in [0, 0.1) is 5.92 Å². The third kappa shape index (κ3) is 3.87. The molecule has 76 valence electrons. The van der Waals surface area contributed by atoms with E-state index in [2.05, 4.69) is 5.32 Å². The largest absolute Gasteiger partial charge is 0.370 e. The molecule has 0 amide bonds. The summed E-state index contributed by atoms with van der Waals surface area (Å²) in [7, 11) is 0. The molecule has 3 heteroatoms. The number of hydrogen-bond donors (Lipinski definition) is 1. The molecule has 1 aliphatic rings. The summed E-state index contributed by atoms with van der Waals surface area (Å²) in [6.45, 7) is 6.14. The second-order valence-electron chi connectivity index (χ2n) is 3.88. The first-order chi connectivity index (χ1) is 6.20. The van der Waals surface area contributed by atoms with Crippen LogP contribution < -0.4 is 5.32 Å². The molecule has 0 aliphatic carbocycles. The van der Waals surface area contributed by atoms with Crippen LogP contribution in [0.5, 0.6) is 0 Å². The second kappa shape index (κ2) is 5.35. The maximum atomic E-state index is 11.2. The molecular weight excluding hydrogens is 166 g/mol. The molecule has 0 spiro atoms. The Morgan fingerprint density at radius 2 is 2.08 bits per heavy atom. The fourth-order valence-electron chi connectivity index (χ4n) is 1.33. The molecule has 0 aromatic rings. The minimum absolute atomic E-state index is 0.0988. The van der Waals surface area contributed by atoms with Gasteiger partial charge < -0.3 is 10.1 Å². The van der Waals surface area contributed by atoms with Gasteiger partial charge in [-0.05, 0) is 25.9 Å². The lowest BCUT2D eigenvalue weighted by atomic mass is 10.1. The zero-order valence-corrected chi connectivity index (χ0v) is 8.51. The zero-order chi connectivity index (χ0) is 9.68. The molecule has 0 aromatic carbocycles. The predicted molar refractivity (Wildman–Crippen MR) is 51.7 cm³/mol. The highest BCUT2D eigenvalue weighted by Gasteiger charge is 2.15. The molecule has 0 bridgehead atoms. The number of nitrogens with one attached hydrogen (secondary N) is 1. The molecular formula is C10H19NO2. The lowest BCUT2D eigenvalue weighted by Crippen LogP contribution is -2.33. The number of piperidine rings is 1. The first kappa shape index (κ1) is 10.7. The van der Waals surface area contributed by atoms with E-state index in [-0.39, 0.29) is 11.7 Å². The number of carbonyl (C=O) groups is 1.